The molecule has 1 aliphatic carbocycles. The number of nitrogens with zero attached hydrogens (tertiary/aromatic N) is 1. The van der Waals surface area contributed by atoms with Crippen molar-refractivity contribution < 1.29 is 4.74 Å². The fraction of sp³-hybridized carbons (Fsp3) is 1.00. The Hall–Kier alpha value is -0.120. The van der Waals surface area contributed by atoms with Gasteiger partial charge in [0.1, 0.15) is 0 Å². The van der Waals surface area contributed by atoms with E-state index in [2.05, 4.69) is 25.8 Å². The molecule has 0 amide bonds. The second-order valence-corrected chi connectivity index (χ2v) is 5.31. The van der Waals surface area contributed by atoms with Crippen molar-refractivity contribution >= 4 is 0 Å². The van der Waals surface area contributed by atoms with E-state index in [4.69, 9.17) is 10.5 Å². The Morgan fingerprint density at radius 3 is 2.40 bits per heavy atom. The van der Waals surface area contributed by atoms with E-state index >= 15 is 0 Å². The zero-order valence-corrected chi connectivity index (χ0v) is 10.6. The smallest absolute Gasteiger partial charge is 0.0638 e. The third-order valence-electron chi connectivity index (χ3n) is 3.78. The second-order valence-electron chi connectivity index (χ2n) is 5.31. The van der Waals surface area contributed by atoms with Crippen molar-refractivity contribution in [2.75, 3.05) is 20.7 Å². The Morgan fingerprint density at radius 2 is 2.07 bits per heavy atom. The number of likely N-dealkylation sites (N-methyl/N-ethyl adjacent to an activating group) is 1. The van der Waals surface area contributed by atoms with Crippen LogP contribution in [0.3, 0.4) is 0 Å². The first kappa shape index (κ1) is 12.9. The molecule has 0 radical (unpaired) electrons. The topological polar surface area (TPSA) is 38.5 Å². The van der Waals surface area contributed by atoms with Crippen LogP contribution in [0.25, 0.3) is 0 Å². The molecule has 1 fully saturated rings. The van der Waals surface area contributed by atoms with Crippen molar-refractivity contribution in [3.63, 3.8) is 0 Å². The van der Waals surface area contributed by atoms with Crippen LogP contribution in [0.5, 0.6) is 0 Å². The van der Waals surface area contributed by atoms with Crippen molar-refractivity contribution in [1.29, 1.82) is 0 Å². The second kappa shape index (κ2) is 5.28. The summed E-state index contributed by atoms with van der Waals surface area (Å²) in [4.78, 5) is 2.45. The number of hydrogen-bond acceptors (Lipinski definition) is 3. The third-order valence-corrected chi connectivity index (χ3v) is 3.78. The minimum Gasteiger partial charge on any atom is -0.379 e. The van der Waals surface area contributed by atoms with Crippen molar-refractivity contribution in [1.82, 2.24) is 4.90 Å². The minimum absolute atomic E-state index is 0.0674. The maximum absolute atomic E-state index is 5.85. The maximum atomic E-state index is 5.85. The minimum atomic E-state index is -0.0674. The Morgan fingerprint density at radius 1 is 1.47 bits per heavy atom. The largest absolute Gasteiger partial charge is 0.379 e. The van der Waals surface area contributed by atoms with Gasteiger partial charge in [-0.3, -0.25) is 4.90 Å². The van der Waals surface area contributed by atoms with E-state index in [-0.39, 0.29) is 5.60 Å². The summed E-state index contributed by atoms with van der Waals surface area (Å²) in [6.45, 7) is 4.98. The lowest BCUT2D eigenvalue weighted by Crippen LogP contribution is -2.50. The molecule has 1 rings (SSSR count). The first-order chi connectivity index (χ1) is 7.00. The molecule has 3 heteroatoms. The van der Waals surface area contributed by atoms with E-state index in [0.717, 1.165) is 19.0 Å². The lowest BCUT2D eigenvalue weighted by Gasteiger charge is -2.42. The van der Waals surface area contributed by atoms with E-state index in [1.54, 1.807) is 7.11 Å². The molecule has 1 atom stereocenters. The van der Waals surface area contributed by atoms with Crippen LogP contribution in [-0.2, 0) is 4.74 Å². The number of nitrogens with two attached hydrogens (primary N) is 1. The molecule has 1 aliphatic rings. The lowest BCUT2D eigenvalue weighted by molar-refractivity contribution is -0.0151. The Balaban J connectivity index is 2.46. The fourth-order valence-corrected chi connectivity index (χ4v) is 2.14. The molecule has 2 N–H and O–H groups in total. The number of methoxy groups -OCH3 is 1. The molecular weight excluding hydrogens is 188 g/mol. The maximum Gasteiger partial charge on any atom is 0.0638 e. The van der Waals surface area contributed by atoms with Gasteiger partial charge in [0.05, 0.1) is 5.60 Å². The summed E-state index contributed by atoms with van der Waals surface area (Å²) in [7, 11) is 3.98. The van der Waals surface area contributed by atoms with Gasteiger partial charge in [0, 0.05) is 25.7 Å². The predicted octanol–water partition coefficient (Wildman–Crippen LogP) is 1.61. The van der Waals surface area contributed by atoms with E-state index < -0.39 is 0 Å². The Labute approximate surface area is 94.0 Å². The molecule has 0 spiro atoms. The number of hydrogen-bond donors (Lipinski definition) is 1. The van der Waals surface area contributed by atoms with Gasteiger partial charge in [0.2, 0.25) is 0 Å². The van der Waals surface area contributed by atoms with Crippen LogP contribution in [0.4, 0.5) is 0 Å². The first-order valence-corrected chi connectivity index (χ1v) is 5.97. The van der Waals surface area contributed by atoms with Gasteiger partial charge in [-0.1, -0.05) is 6.42 Å². The van der Waals surface area contributed by atoms with Gasteiger partial charge < -0.3 is 10.5 Å². The van der Waals surface area contributed by atoms with Crippen molar-refractivity contribution in [2.24, 2.45) is 5.73 Å². The zero-order valence-electron chi connectivity index (χ0n) is 10.6. The highest BCUT2D eigenvalue weighted by atomic mass is 16.5. The fourth-order valence-electron chi connectivity index (χ4n) is 2.14. The summed E-state index contributed by atoms with van der Waals surface area (Å²) < 4.78 is 5.47. The van der Waals surface area contributed by atoms with Gasteiger partial charge in [-0.15, -0.1) is 0 Å². The molecule has 0 aromatic rings. The molecule has 3 nitrogen and oxygen atoms in total. The van der Waals surface area contributed by atoms with Crippen LogP contribution >= 0.6 is 0 Å². The van der Waals surface area contributed by atoms with E-state index in [1.165, 1.54) is 19.3 Å². The first-order valence-electron chi connectivity index (χ1n) is 5.97. The van der Waals surface area contributed by atoms with E-state index in [1.807, 2.05) is 0 Å². The summed E-state index contributed by atoms with van der Waals surface area (Å²) in [6.07, 6.45) is 5.05. The lowest BCUT2D eigenvalue weighted by atomic mass is 9.88. The van der Waals surface area contributed by atoms with Crippen LogP contribution in [0, 0.1) is 0 Å². The van der Waals surface area contributed by atoms with E-state index in [0.29, 0.717) is 6.04 Å². The average Bonchev–Trinajstić information content (AvgIpc) is 2.11. The molecule has 0 aromatic heterocycles. The van der Waals surface area contributed by atoms with Crippen LogP contribution in [-0.4, -0.2) is 43.3 Å². The highest BCUT2D eigenvalue weighted by molar-refractivity contribution is 4.86. The standard InChI is InChI=1S/C12H26N2O/c1-12(2,15-4)8-11(9-13)14(3)10-6-5-7-10/h10-11H,5-9,13H2,1-4H3. The zero-order chi connectivity index (χ0) is 11.5. The summed E-state index contributed by atoms with van der Waals surface area (Å²) in [6, 6.07) is 1.21. The van der Waals surface area contributed by atoms with Crippen LogP contribution in [0.15, 0.2) is 0 Å². The number of ether oxygens (including phenoxy) is 1. The van der Waals surface area contributed by atoms with Gasteiger partial charge in [0.25, 0.3) is 0 Å². The number of rotatable bonds is 6. The highest BCUT2D eigenvalue weighted by Crippen LogP contribution is 2.27. The molecule has 0 aromatic carbocycles. The van der Waals surface area contributed by atoms with Crippen molar-refractivity contribution in [2.45, 2.75) is 57.2 Å². The molecule has 90 valence electrons. The summed E-state index contributed by atoms with van der Waals surface area (Å²) in [5.74, 6) is 0. The molecule has 15 heavy (non-hydrogen) atoms. The van der Waals surface area contributed by atoms with Crippen LogP contribution < -0.4 is 5.73 Å². The van der Waals surface area contributed by atoms with E-state index in [9.17, 15) is 0 Å². The van der Waals surface area contributed by atoms with Gasteiger partial charge >= 0.3 is 0 Å². The monoisotopic (exact) mass is 214 g/mol. The molecule has 0 saturated heterocycles. The van der Waals surface area contributed by atoms with Crippen LogP contribution in [0.2, 0.25) is 0 Å². The molecule has 0 heterocycles. The quantitative estimate of drug-likeness (QED) is 0.730. The summed E-state index contributed by atoms with van der Waals surface area (Å²) >= 11 is 0. The van der Waals surface area contributed by atoms with Gasteiger partial charge in [-0.25, -0.2) is 0 Å². The summed E-state index contributed by atoms with van der Waals surface area (Å²) in [5.41, 5.74) is 5.79. The van der Waals surface area contributed by atoms with Gasteiger partial charge in [-0.05, 0) is 40.2 Å². The normalized spacial score (nSPS) is 20.4. The highest BCUT2D eigenvalue weighted by Gasteiger charge is 2.30. The third kappa shape index (κ3) is 3.44. The molecule has 1 saturated carbocycles. The van der Waals surface area contributed by atoms with Crippen molar-refractivity contribution in [3.8, 4) is 0 Å². The molecule has 1 unspecified atom stereocenters. The van der Waals surface area contributed by atoms with Crippen molar-refractivity contribution in [3.05, 3.63) is 0 Å². The predicted molar refractivity (Wildman–Crippen MR) is 63.9 cm³/mol. The SMILES string of the molecule is COC(C)(C)CC(CN)N(C)C1CCC1. The Kier molecular flexibility index (Phi) is 4.56. The average molecular weight is 214 g/mol. The Bertz CT molecular complexity index is 190. The molecule has 0 bridgehead atoms. The van der Waals surface area contributed by atoms with Crippen LogP contribution in [0.1, 0.15) is 39.5 Å². The summed E-state index contributed by atoms with van der Waals surface area (Å²) in [5, 5.41) is 0. The van der Waals surface area contributed by atoms with Gasteiger partial charge in [0.15, 0.2) is 0 Å². The molecule has 0 aliphatic heterocycles. The molecular formula is C12H26N2O. The van der Waals surface area contributed by atoms with Gasteiger partial charge in [-0.2, -0.15) is 0 Å².